The summed E-state index contributed by atoms with van der Waals surface area (Å²) >= 11 is 0. The lowest BCUT2D eigenvalue weighted by molar-refractivity contribution is 0.0767. The van der Waals surface area contributed by atoms with Crippen molar-refractivity contribution in [1.82, 2.24) is 14.9 Å². The number of benzene rings is 3. The van der Waals surface area contributed by atoms with Crippen LogP contribution in [-0.2, 0) is 6.61 Å². The van der Waals surface area contributed by atoms with E-state index in [2.05, 4.69) is 9.88 Å². The molecule has 1 aromatic heterocycles. The van der Waals surface area contributed by atoms with Crippen molar-refractivity contribution in [2.24, 2.45) is 0 Å². The summed E-state index contributed by atoms with van der Waals surface area (Å²) in [5.74, 6) is 2.84. The van der Waals surface area contributed by atoms with Gasteiger partial charge in [-0.3, -0.25) is 4.79 Å². The van der Waals surface area contributed by atoms with Crippen LogP contribution in [0.2, 0.25) is 0 Å². The zero-order valence-corrected chi connectivity index (χ0v) is 22.5. The molecule has 2 N–H and O–H groups in total. The van der Waals surface area contributed by atoms with Gasteiger partial charge in [0.05, 0.1) is 19.7 Å². The number of amides is 1. The first-order valence-electron chi connectivity index (χ1n) is 13.0. The molecule has 0 aliphatic carbocycles. The summed E-state index contributed by atoms with van der Waals surface area (Å²) in [7, 11) is 3.16. The van der Waals surface area contributed by atoms with E-state index in [1.54, 1.807) is 26.4 Å². The van der Waals surface area contributed by atoms with Gasteiger partial charge in [0, 0.05) is 43.2 Å². The molecule has 1 amide bonds. The molecule has 1 aliphatic rings. The molecule has 9 nitrogen and oxygen atoms in total. The van der Waals surface area contributed by atoms with Crippen molar-refractivity contribution in [3.05, 3.63) is 77.4 Å². The molecule has 0 saturated carbocycles. The molecule has 0 atom stereocenters. The van der Waals surface area contributed by atoms with Crippen molar-refractivity contribution in [2.75, 3.05) is 51.0 Å². The molecule has 5 rings (SSSR count). The smallest absolute Gasteiger partial charge is 0.253 e. The average molecular weight is 528 g/mol. The Labute approximate surface area is 228 Å². The fourth-order valence-corrected chi connectivity index (χ4v) is 4.79. The van der Waals surface area contributed by atoms with E-state index in [1.165, 1.54) is 0 Å². The molecule has 0 unspecified atom stereocenters. The largest absolute Gasteiger partial charge is 0.493 e. The number of aromatic nitrogens is 2. The van der Waals surface area contributed by atoms with Crippen LogP contribution in [-0.4, -0.2) is 61.2 Å². The number of aryl methyl sites for hydroxylation is 1. The SMILES string of the molecule is COc1cc2nc(N3CCCN(C(=O)c4ccc(OCc5ccccc5)c(C)c4)CC3)nc(N)c2cc1OC. The third-order valence-electron chi connectivity index (χ3n) is 6.94. The standard InChI is InChI=1S/C30H33N5O4/c1-20-16-22(10-11-25(20)39-19-21-8-5-4-6-9-21)29(36)34-12-7-13-35(15-14-34)30-32-24-18-27(38-3)26(37-2)17-23(24)28(31)33-30/h4-6,8-11,16-18H,7,12-15,19H2,1-3H3,(H2,31,32,33). The van der Waals surface area contributed by atoms with Crippen molar-refractivity contribution in [1.29, 1.82) is 0 Å². The fraction of sp³-hybridized carbons (Fsp3) is 0.300. The number of nitrogens with zero attached hydrogens (tertiary/aromatic N) is 4. The highest BCUT2D eigenvalue weighted by molar-refractivity contribution is 5.95. The maximum atomic E-state index is 13.4. The molecule has 2 heterocycles. The summed E-state index contributed by atoms with van der Waals surface area (Å²) in [4.78, 5) is 26.7. The van der Waals surface area contributed by atoms with E-state index in [-0.39, 0.29) is 5.91 Å². The molecule has 39 heavy (non-hydrogen) atoms. The van der Waals surface area contributed by atoms with Gasteiger partial charge in [0.1, 0.15) is 18.2 Å². The highest BCUT2D eigenvalue weighted by Gasteiger charge is 2.23. The number of carbonyl (C=O) groups excluding carboxylic acids is 1. The molecule has 1 fully saturated rings. The lowest BCUT2D eigenvalue weighted by atomic mass is 10.1. The first-order valence-corrected chi connectivity index (χ1v) is 13.0. The topological polar surface area (TPSA) is 103 Å². The van der Waals surface area contributed by atoms with Gasteiger partial charge in [0.2, 0.25) is 5.95 Å². The molecule has 9 heteroatoms. The van der Waals surface area contributed by atoms with E-state index in [1.807, 2.05) is 60.4 Å². The Balaban J connectivity index is 1.27. The van der Waals surface area contributed by atoms with Gasteiger partial charge in [0.15, 0.2) is 11.5 Å². The molecule has 0 radical (unpaired) electrons. The minimum absolute atomic E-state index is 0.00494. The second-order valence-corrected chi connectivity index (χ2v) is 9.52. The molecule has 4 aromatic rings. The van der Waals surface area contributed by atoms with Crippen LogP contribution >= 0.6 is 0 Å². The van der Waals surface area contributed by atoms with Crippen LogP contribution in [0.3, 0.4) is 0 Å². The molecule has 0 bridgehead atoms. The van der Waals surface area contributed by atoms with Crippen molar-refractivity contribution in [3.8, 4) is 17.2 Å². The van der Waals surface area contributed by atoms with Gasteiger partial charge in [-0.15, -0.1) is 0 Å². The van der Waals surface area contributed by atoms with Crippen molar-refractivity contribution in [3.63, 3.8) is 0 Å². The number of anilines is 2. The van der Waals surface area contributed by atoms with Gasteiger partial charge in [-0.25, -0.2) is 4.98 Å². The number of nitrogen functional groups attached to an aromatic ring is 1. The van der Waals surface area contributed by atoms with E-state index in [0.29, 0.717) is 72.5 Å². The normalized spacial score (nSPS) is 13.7. The summed E-state index contributed by atoms with van der Waals surface area (Å²) in [5, 5.41) is 0.703. The first-order chi connectivity index (χ1) is 19.0. The lowest BCUT2D eigenvalue weighted by Gasteiger charge is -2.23. The zero-order chi connectivity index (χ0) is 27.4. The highest BCUT2D eigenvalue weighted by atomic mass is 16.5. The zero-order valence-electron chi connectivity index (χ0n) is 22.5. The van der Waals surface area contributed by atoms with Crippen LogP contribution in [0.15, 0.2) is 60.7 Å². The van der Waals surface area contributed by atoms with Gasteiger partial charge in [-0.2, -0.15) is 4.98 Å². The second kappa shape index (κ2) is 11.5. The Morgan fingerprint density at radius 1 is 0.897 bits per heavy atom. The Morgan fingerprint density at radius 3 is 2.41 bits per heavy atom. The maximum absolute atomic E-state index is 13.4. The maximum Gasteiger partial charge on any atom is 0.253 e. The minimum atomic E-state index is 0.00494. The van der Waals surface area contributed by atoms with Gasteiger partial charge >= 0.3 is 0 Å². The van der Waals surface area contributed by atoms with Gasteiger partial charge in [0.25, 0.3) is 5.91 Å². The number of hydrogen-bond donors (Lipinski definition) is 1. The number of ether oxygens (including phenoxy) is 3. The average Bonchev–Trinajstić information content (AvgIpc) is 3.22. The Kier molecular flexibility index (Phi) is 7.67. The van der Waals surface area contributed by atoms with Crippen molar-refractivity contribution < 1.29 is 19.0 Å². The van der Waals surface area contributed by atoms with E-state index in [9.17, 15) is 4.79 Å². The molecule has 202 valence electrons. The van der Waals surface area contributed by atoms with E-state index in [0.717, 1.165) is 23.3 Å². The minimum Gasteiger partial charge on any atom is -0.493 e. The molecule has 1 aliphatic heterocycles. The van der Waals surface area contributed by atoms with E-state index in [4.69, 9.17) is 24.9 Å². The van der Waals surface area contributed by atoms with Crippen LogP contribution in [0.5, 0.6) is 17.2 Å². The van der Waals surface area contributed by atoms with Crippen LogP contribution in [0.1, 0.15) is 27.9 Å². The molecule has 0 spiro atoms. The van der Waals surface area contributed by atoms with Gasteiger partial charge in [-0.1, -0.05) is 30.3 Å². The Morgan fingerprint density at radius 2 is 1.67 bits per heavy atom. The predicted molar refractivity (Wildman–Crippen MR) is 152 cm³/mol. The number of fused-ring (bicyclic) bond motifs is 1. The van der Waals surface area contributed by atoms with E-state index < -0.39 is 0 Å². The van der Waals surface area contributed by atoms with Crippen LogP contribution in [0.25, 0.3) is 10.9 Å². The molecular formula is C30H33N5O4. The van der Waals surface area contributed by atoms with Gasteiger partial charge in [-0.05, 0) is 48.7 Å². The summed E-state index contributed by atoms with van der Waals surface area (Å²) in [6.07, 6.45) is 0.788. The van der Waals surface area contributed by atoms with Crippen LogP contribution in [0, 0.1) is 6.92 Å². The number of carbonyl (C=O) groups is 1. The predicted octanol–water partition coefficient (Wildman–Crippen LogP) is 4.47. The second-order valence-electron chi connectivity index (χ2n) is 9.52. The molecule has 1 saturated heterocycles. The summed E-state index contributed by atoms with van der Waals surface area (Å²) in [6, 6.07) is 19.2. The van der Waals surface area contributed by atoms with E-state index >= 15 is 0 Å². The van der Waals surface area contributed by atoms with Gasteiger partial charge < -0.3 is 29.7 Å². The number of nitrogens with two attached hydrogens (primary N) is 1. The van der Waals surface area contributed by atoms with Crippen LogP contribution in [0.4, 0.5) is 11.8 Å². The summed E-state index contributed by atoms with van der Waals surface area (Å²) in [6.45, 7) is 4.96. The monoisotopic (exact) mass is 527 g/mol. The first kappa shape index (κ1) is 26.1. The Hall–Kier alpha value is -4.53. The molecular weight excluding hydrogens is 494 g/mol. The lowest BCUT2D eigenvalue weighted by Crippen LogP contribution is -2.35. The van der Waals surface area contributed by atoms with Crippen molar-refractivity contribution >= 4 is 28.6 Å². The summed E-state index contributed by atoms with van der Waals surface area (Å²) < 4.78 is 16.8. The number of rotatable bonds is 7. The quantitative estimate of drug-likeness (QED) is 0.376. The summed E-state index contributed by atoms with van der Waals surface area (Å²) in [5.41, 5.74) is 9.66. The van der Waals surface area contributed by atoms with Crippen LogP contribution < -0.4 is 24.8 Å². The number of methoxy groups -OCH3 is 2. The van der Waals surface area contributed by atoms with Crippen molar-refractivity contribution in [2.45, 2.75) is 20.0 Å². The Bertz CT molecular complexity index is 1480. The highest BCUT2D eigenvalue weighted by Crippen LogP contribution is 2.34. The third-order valence-corrected chi connectivity index (χ3v) is 6.94. The number of hydrogen-bond acceptors (Lipinski definition) is 8. The fourth-order valence-electron chi connectivity index (χ4n) is 4.79. The third kappa shape index (κ3) is 5.67. The molecule has 3 aromatic carbocycles.